The van der Waals surface area contributed by atoms with Gasteiger partial charge in [-0.05, 0) is 26.0 Å². The van der Waals surface area contributed by atoms with E-state index in [-0.39, 0.29) is 22.6 Å². The van der Waals surface area contributed by atoms with E-state index in [9.17, 15) is 28.1 Å². The fourth-order valence-corrected chi connectivity index (χ4v) is 2.31. The number of carbonyl (C=O) groups is 1. The van der Waals surface area contributed by atoms with Crippen molar-refractivity contribution in [3.05, 3.63) is 40.0 Å². The van der Waals surface area contributed by atoms with E-state index in [1.165, 1.54) is 24.3 Å². The second kappa shape index (κ2) is 6.23. The number of alkyl halides is 3. The number of hydrogen-bond donors (Lipinski definition) is 1. The van der Waals surface area contributed by atoms with Gasteiger partial charge < -0.3 is 10.1 Å². The molecule has 1 aliphatic rings. The SMILES string of the molecule is CC1(C)C=C(C(=O)CNCC(F)(F)F)c2cc([N+](=O)[O-])ccc2O1. The van der Waals surface area contributed by atoms with Crippen molar-refractivity contribution in [2.45, 2.75) is 25.6 Å². The Bertz CT molecular complexity index is 711. The number of Topliss-reactive ketones (excluding diaryl/α,β-unsaturated/α-hetero) is 1. The minimum absolute atomic E-state index is 0.0969. The fraction of sp³-hybridized carbons (Fsp3) is 0.400. The number of halogens is 3. The van der Waals surface area contributed by atoms with E-state index in [2.05, 4.69) is 0 Å². The van der Waals surface area contributed by atoms with Crippen LogP contribution in [0.5, 0.6) is 5.75 Å². The topological polar surface area (TPSA) is 81.5 Å². The lowest BCUT2D eigenvalue weighted by Gasteiger charge is -2.30. The molecule has 9 heteroatoms. The third-order valence-corrected chi connectivity index (χ3v) is 3.24. The molecular formula is C15H15F3N2O4. The van der Waals surface area contributed by atoms with Crippen LogP contribution in [0.3, 0.4) is 0 Å². The van der Waals surface area contributed by atoms with Crippen molar-refractivity contribution >= 4 is 17.0 Å². The summed E-state index contributed by atoms with van der Waals surface area (Å²) in [6.07, 6.45) is -2.98. The second-order valence-electron chi connectivity index (χ2n) is 5.84. The number of non-ortho nitro benzene ring substituents is 1. The molecular weight excluding hydrogens is 329 g/mol. The minimum atomic E-state index is -4.43. The lowest BCUT2D eigenvalue weighted by molar-refractivity contribution is -0.384. The van der Waals surface area contributed by atoms with Crippen LogP contribution in [0.1, 0.15) is 19.4 Å². The molecule has 0 aromatic heterocycles. The van der Waals surface area contributed by atoms with Gasteiger partial charge in [0.1, 0.15) is 11.4 Å². The normalized spacial score (nSPS) is 16.0. The number of fused-ring (bicyclic) bond motifs is 1. The molecule has 0 saturated carbocycles. The van der Waals surface area contributed by atoms with E-state index < -0.39 is 35.6 Å². The van der Waals surface area contributed by atoms with Crippen LogP contribution < -0.4 is 10.1 Å². The Kier molecular flexibility index (Phi) is 4.66. The molecule has 0 saturated heterocycles. The molecule has 1 aromatic rings. The van der Waals surface area contributed by atoms with Gasteiger partial charge in [-0.3, -0.25) is 14.9 Å². The molecule has 0 amide bonds. The summed E-state index contributed by atoms with van der Waals surface area (Å²) < 4.78 is 42.1. The molecule has 1 N–H and O–H groups in total. The van der Waals surface area contributed by atoms with E-state index in [1.807, 2.05) is 5.32 Å². The Balaban J connectivity index is 2.30. The Morgan fingerprint density at radius 3 is 2.62 bits per heavy atom. The molecule has 0 aliphatic carbocycles. The van der Waals surface area contributed by atoms with Gasteiger partial charge in [0, 0.05) is 23.3 Å². The maximum absolute atomic E-state index is 12.3. The van der Waals surface area contributed by atoms with Gasteiger partial charge in [0.2, 0.25) is 0 Å². The third kappa shape index (κ3) is 4.31. The number of hydrogen-bond acceptors (Lipinski definition) is 5. The van der Waals surface area contributed by atoms with Crippen LogP contribution >= 0.6 is 0 Å². The monoisotopic (exact) mass is 344 g/mol. The predicted octanol–water partition coefficient (Wildman–Crippen LogP) is 2.87. The summed E-state index contributed by atoms with van der Waals surface area (Å²) in [5, 5.41) is 12.9. The summed E-state index contributed by atoms with van der Waals surface area (Å²) >= 11 is 0. The molecule has 1 aliphatic heterocycles. The van der Waals surface area contributed by atoms with E-state index >= 15 is 0 Å². The van der Waals surface area contributed by atoms with Gasteiger partial charge in [-0.1, -0.05) is 0 Å². The minimum Gasteiger partial charge on any atom is -0.483 e. The number of nitro benzene ring substituents is 1. The quantitative estimate of drug-likeness (QED) is 0.656. The zero-order valence-corrected chi connectivity index (χ0v) is 12.9. The number of nitrogens with zero attached hydrogens (tertiary/aromatic N) is 1. The summed E-state index contributed by atoms with van der Waals surface area (Å²) in [6.45, 7) is 1.51. The van der Waals surface area contributed by atoms with Gasteiger partial charge in [-0.2, -0.15) is 13.2 Å². The summed E-state index contributed by atoms with van der Waals surface area (Å²) in [6, 6.07) is 3.79. The average molecular weight is 344 g/mol. The first-order valence-electron chi connectivity index (χ1n) is 7.00. The van der Waals surface area contributed by atoms with E-state index in [4.69, 9.17) is 4.74 Å². The fourth-order valence-electron chi connectivity index (χ4n) is 2.31. The highest BCUT2D eigenvalue weighted by Crippen LogP contribution is 2.38. The zero-order chi connectivity index (χ0) is 18.1. The number of nitro groups is 1. The van der Waals surface area contributed by atoms with Crippen molar-refractivity contribution in [1.29, 1.82) is 0 Å². The maximum atomic E-state index is 12.3. The first-order valence-corrected chi connectivity index (χ1v) is 7.00. The van der Waals surface area contributed by atoms with Crippen LogP contribution in [0.2, 0.25) is 0 Å². The third-order valence-electron chi connectivity index (χ3n) is 3.24. The van der Waals surface area contributed by atoms with Gasteiger partial charge in [-0.15, -0.1) is 0 Å². The highest BCUT2D eigenvalue weighted by molar-refractivity contribution is 6.23. The Morgan fingerprint density at radius 2 is 2.04 bits per heavy atom. The van der Waals surface area contributed by atoms with Crippen molar-refractivity contribution in [3.63, 3.8) is 0 Å². The Hall–Kier alpha value is -2.42. The average Bonchev–Trinajstić information content (AvgIpc) is 2.43. The molecule has 2 rings (SSSR count). The molecule has 1 heterocycles. The van der Waals surface area contributed by atoms with Gasteiger partial charge >= 0.3 is 6.18 Å². The molecule has 24 heavy (non-hydrogen) atoms. The summed E-state index contributed by atoms with van der Waals surface area (Å²) in [5.74, 6) is -0.329. The lowest BCUT2D eigenvalue weighted by Crippen LogP contribution is -2.35. The molecule has 0 radical (unpaired) electrons. The van der Waals surface area contributed by atoms with E-state index in [1.54, 1.807) is 13.8 Å². The van der Waals surface area contributed by atoms with Crippen LogP contribution in [0.25, 0.3) is 5.57 Å². The maximum Gasteiger partial charge on any atom is 0.401 e. The van der Waals surface area contributed by atoms with Crippen LogP contribution in [-0.4, -0.2) is 35.6 Å². The first-order chi connectivity index (χ1) is 11.0. The van der Waals surface area contributed by atoms with E-state index in [0.717, 1.165) is 0 Å². The number of nitrogens with one attached hydrogen (secondary N) is 1. The van der Waals surface area contributed by atoms with Gasteiger partial charge in [0.25, 0.3) is 5.69 Å². The number of ketones is 1. The summed E-state index contributed by atoms with van der Waals surface area (Å²) in [7, 11) is 0. The molecule has 6 nitrogen and oxygen atoms in total. The van der Waals surface area contributed by atoms with Crippen LogP contribution in [0.4, 0.5) is 18.9 Å². The summed E-state index contributed by atoms with van der Waals surface area (Å²) in [5.41, 5.74) is -0.806. The van der Waals surface area contributed by atoms with Crippen molar-refractivity contribution in [1.82, 2.24) is 5.32 Å². The number of benzene rings is 1. The molecule has 0 spiro atoms. The van der Waals surface area contributed by atoms with Crippen molar-refractivity contribution in [3.8, 4) is 5.75 Å². The zero-order valence-electron chi connectivity index (χ0n) is 12.9. The van der Waals surface area contributed by atoms with Crippen molar-refractivity contribution in [2.75, 3.05) is 13.1 Å². The van der Waals surface area contributed by atoms with Gasteiger partial charge in [0.15, 0.2) is 5.78 Å². The number of ether oxygens (including phenoxy) is 1. The van der Waals surface area contributed by atoms with Gasteiger partial charge in [-0.25, -0.2) is 0 Å². The van der Waals surface area contributed by atoms with Crippen LogP contribution in [0.15, 0.2) is 24.3 Å². The molecule has 0 atom stereocenters. The highest BCUT2D eigenvalue weighted by Gasteiger charge is 2.32. The second-order valence-corrected chi connectivity index (χ2v) is 5.84. The van der Waals surface area contributed by atoms with Gasteiger partial charge in [0.05, 0.1) is 18.0 Å². The molecule has 0 fully saturated rings. The van der Waals surface area contributed by atoms with Crippen molar-refractivity contribution in [2.24, 2.45) is 0 Å². The molecule has 0 bridgehead atoms. The predicted molar refractivity (Wildman–Crippen MR) is 79.7 cm³/mol. The highest BCUT2D eigenvalue weighted by atomic mass is 19.4. The number of rotatable bonds is 5. The summed E-state index contributed by atoms with van der Waals surface area (Å²) in [4.78, 5) is 22.6. The first kappa shape index (κ1) is 17.9. The van der Waals surface area contributed by atoms with Crippen LogP contribution in [-0.2, 0) is 4.79 Å². The van der Waals surface area contributed by atoms with Crippen molar-refractivity contribution < 1.29 is 27.6 Å². The van der Waals surface area contributed by atoms with E-state index in [0.29, 0.717) is 0 Å². The molecule has 130 valence electrons. The standard InChI is InChI=1S/C15H15F3N2O4/c1-14(2)6-11(12(21)7-19-8-15(16,17)18)10-5-9(20(22)23)3-4-13(10)24-14/h3-6,19H,7-8H2,1-2H3. The largest absolute Gasteiger partial charge is 0.483 e. The molecule has 1 aromatic carbocycles. The lowest BCUT2D eigenvalue weighted by atomic mass is 9.91. The Morgan fingerprint density at radius 1 is 1.38 bits per heavy atom. The smallest absolute Gasteiger partial charge is 0.401 e. The molecule has 0 unspecified atom stereocenters. The Labute approximate surface area is 135 Å². The van der Waals surface area contributed by atoms with Crippen LogP contribution in [0, 0.1) is 10.1 Å². The number of carbonyl (C=O) groups excluding carboxylic acids is 1.